The third kappa shape index (κ3) is 15.1. The Morgan fingerprint density at radius 3 is 2.12 bits per heavy atom. The maximum Gasteiger partial charge on any atom is 0.420 e. The number of hydrogen-bond donors (Lipinski definition) is 5. The summed E-state index contributed by atoms with van der Waals surface area (Å²) in [4.78, 5) is 10.0. The molecule has 6 nitrogen and oxygen atoms in total. The minimum Gasteiger partial charge on any atom is -0.464 e. The van der Waals surface area contributed by atoms with Crippen LogP contribution in [0.15, 0.2) is 0 Å². The van der Waals surface area contributed by atoms with E-state index in [2.05, 4.69) is 23.4 Å². The van der Waals surface area contributed by atoms with E-state index in [1.54, 1.807) is 0 Å². The van der Waals surface area contributed by atoms with Crippen LogP contribution in [0.1, 0.15) is 58.3 Å². The van der Waals surface area contributed by atoms with Crippen LogP contribution >= 0.6 is 0 Å². The molecule has 0 aromatic carbocycles. The first-order valence-electron chi connectivity index (χ1n) is 6.49. The van der Waals surface area contributed by atoms with Crippen LogP contribution in [-0.2, 0) is 0 Å². The second kappa shape index (κ2) is 13.2. The summed E-state index contributed by atoms with van der Waals surface area (Å²) in [5.41, 5.74) is 9.68. The number of hydrogen-bond acceptors (Lipinski definition) is 4. The van der Waals surface area contributed by atoms with Crippen LogP contribution in [0.2, 0.25) is 0 Å². The van der Waals surface area contributed by atoms with Crippen LogP contribution < -0.4 is 21.9 Å². The van der Waals surface area contributed by atoms with Crippen molar-refractivity contribution in [2.45, 2.75) is 58.3 Å². The Labute approximate surface area is 103 Å². The van der Waals surface area contributed by atoms with Crippen molar-refractivity contribution in [2.75, 3.05) is 6.54 Å². The Bertz CT molecular complexity index is 179. The van der Waals surface area contributed by atoms with Crippen LogP contribution in [-0.4, -0.2) is 17.7 Å². The number of carboxylic acid groups (broad SMARTS) is 1. The molecule has 5 N–H and O–H groups in total. The van der Waals surface area contributed by atoms with Gasteiger partial charge in [-0.25, -0.2) is 15.6 Å². The molecule has 0 aromatic heterocycles. The summed E-state index contributed by atoms with van der Waals surface area (Å²) < 4.78 is 0. The van der Waals surface area contributed by atoms with E-state index in [4.69, 9.17) is 5.11 Å². The van der Waals surface area contributed by atoms with Gasteiger partial charge in [0.05, 0.1) is 0 Å². The maximum absolute atomic E-state index is 10.0. The van der Waals surface area contributed by atoms with E-state index in [1.165, 1.54) is 44.9 Å². The molecule has 0 fully saturated rings. The zero-order chi connectivity index (χ0) is 12.8. The summed E-state index contributed by atoms with van der Waals surface area (Å²) in [6, 6.07) is 0. The Kier molecular flexibility index (Phi) is 12.6. The van der Waals surface area contributed by atoms with Crippen molar-refractivity contribution >= 4 is 6.09 Å². The van der Waals surface area contributed by atoms with Crippen molar-refractivity contribution in [3.63, 3.8) is 0 Å². The predicted octanol–water partition coefficient (Wildman–Crippen LogP) is 1.91. The van der Waals surface area contributed by atoms with E-state index in [9.17, 15) is 4.79 Å². The monoisotopic (exact) mass is 246 g/mol. The Balaban J connectivity index is 2.91. The van der Waals surface area contributed by atoms with Gasteiger partial charge in [-0.2, -0.15) is 11.1 Å². The normalized spacial score (nSPS) is 10.4. The van der Waals surface area contributed by atoms with Crippen molar-refractivity contribution in [1.82, 2.24) is 21.9 Å². The first-order valence-corrected chi connectivity index (χ1v) is 6.49. The zero-order valence-electron chi connectivity index (χ0n) is 10.7. The lowest BCUT2D eigenvalue weighted by molar-refractivity contribution is 0.183. The molecule has 0 rings (SSSR count). The number of nitrogens with one attached hydrogen (secondary N) is 4. The van der Waals surface area contributed by atoms with Crippen molar-refractivity contribution in [3.05, 3.63) is 0 Å². The third-order valence-electron chi connectivity index (χ3n) is 2.48. The average Bonchev–Trinajstić information content (AvgIpc) is 2.30. The molecule has 17 heavy (non-hydrogen) atoms. The van der Waals surface area contributed by atoms with Crippen LogP contribution in [0.5, 0.6) is 0 Å². The fourth-order valence-corrected chi connectivity index (χ4v) is 1.54. The molecule has 0 unspecified atom stereocenters. The Morgan fingerprint density at radius 1 is 0.941 bits per heavy atom. The van der Waals surface area contributed by atoms with Crippen molar-refractivity contribution in [1.29, 1.82) is 0 Å². The molecule has 0 saturated heterocycles. The smallest absolute Gasteiger partial charge is 0.420 e. The zero-order valence-corrected chi connectivity index (χ0v) is 10.7. The number of carbonyl (C=O) groups is 1. The molecule has 0 saturated carbocycles. The van der Waals surface area contributed by atoms with Crippen LogP contribution in [0.3, 0.4) is 0 Å². The quantitative estimate of drug-likeness (QED) is 0.268. The topological polar surface area (TPSA) is 85.4 Å². The third-order valence-corrected chi connectivity index (χ3v) is 2.48. The van der Waals surface area contributed by atoms with E-state index in [-0.39, 0.29) is 0 Å². The molecule has 102 valence electrons. The molecule has 0 aliphatic rings. The summed E-state index contributed by atoms with van der Waals surface area (Å²) in [5.74, 6) is 0. The lowest BCUT2D eigenvalue weighted by Crippen LogP contribution is -2.52. The van der Waals surface area contributed by atoms with Crippen molar-refractivity contribution < 1.29 is 9.90 Å². The number of rotatable bonds is 12. The van der Waals surface area contributed by atoms with E-state index < -0.39 is 6.09 Å². The maximum atomic E-state index is 10.0. The molecule has 6 heteroatoms. The van der Waals surface area contributed by atoms with Crippen molar-refractivity contribution in [3.8, 4) is 0 Å². The SMILES string of the molecule is CCCCCCCCCCNNNNC(=O)O. The summed E-state index contributed by atoms with van der Waals surface area (Å²) in [7, 11) is 0. The standard InChI is InChI=1S/C11H26N4O2/c1-2-3-4-5-6-7-8-9-10-12-14-15-13-11(16)17/h12-15H,2-10H2,1H3,(H,16,17). The summed E-state index contributed by atoms with van der Waals surface area (Å²) in [6.45, 7) is 3.05. The van der Waals surface area contributed by atoms with Gasteiger partial charge in [-0.05, 0) is 6.42 Å². The predicted molar refractivity (Wildman–Crippen MR) is 68.0 cm³/mol. The number of unbranched alkanes of at least 4 members (excludes halogenated alkanes) is 7. The summed E-state index contributed by atoms with van der Waals surface area (Å²) in [5, 5.41) is 8.23. The molecule has 0 aliphatic carbocycles. The molecular weight excluding hydrogens is 220 g/mol. The molecule has 0 aromatic rings. The second-order valence-electron chi connectivity index (χ2n) is 4.08. The highest BCUT2D eigenvalue weighted by Crippen LogP contribution is 2.07. The number of amides is 1. The Morgan fingerprint density at radius 2 is 1.53 bits per heavy atom. The van der Waals surface area contributed by atoms with Gasteiger partial charge in [0.2, 0.25) is 0 Å². The average molecular weight is 246 g/mol. The number of hydrazine groups is 3. The van der Waals surface area contributed by atoms with E-state index >= 15 is 0 Å². The minimum absolute atomic E-state index is 0.823. The van der Waals surface area contributed by atoms with Crippen LogP contribution in [0.25, 0.3) is 0 Å². The molecule has 0 heterocycles. The van der Waals surface area contributed by atoms with Gasteiger partial charge >= 0.3 is 6.09 Å². The van der Waals surface area contributed by atoms with Gasteiger partial charge in [-0.15, -0.1) is 0 Å². The van der Waals surface area contributed by atoms with E-state index in [0.29, 0.717) is 0 Å². The molecule has 0 aliphatic heterocycles. The van der Waals surface area contributed by atoms with Gasteiger partial charge in [-0.1, -0.05) is 51.9 Å². The molecule has 1 amide bonds. The highest BCUT2D eigenvalue weighted by Gasteiger charge is 1.92. The van der Waals surface area contributed by atoms with Gasteiger partial charge in [-0.3, -0.25) is 0 Å². The van der Waals surface area contributed by atoms with Gasteiger partial charge in [0.1, 0.15) is 0 Å². The van der Waals surface area contributed by atoms with Gasteiger partial charge < -0.3 is 5.11 Å². The fourth-order valence-electron chi connectivity index (χ4n) is 1.54. The van der Waals surface area contributed by atoms with E-state index in [0.717, 1.165) is 13.0 Å². The van der Waals surface area contributed by atoms with Crippen LogP contribution in [0, 0.1) is 0 Å². The van der Waals surface area contributed by atoms with Gasteiger partial charge in [0, 0.05) is 6.54 Å². The Hall–Kier alpha value is -0.850. The summed E-state index contributed by atoms with van der Waals surface area (Å²) >= 11 is 0. The fraction of sp³-hybridized carbons (Fsp3) is 0.909. The second-order valence-corrected chi connectivity index (χ2v) is 4.08. The molecule has 0 radical (unpaired) electrons. The first kappa shape index (κ1) is 16.1. The molecule has 0 spiro atoms. The van der Waals surface area contributed by atoms with Gasteiger partial charge in [0.25, 0.3) is 0 Å². The molecular formula is C11H26N4O2. The molecule has 0 bridgehead atoms. The van der Waals surface area contributed by atoms with Gasteiger partial charge in [0.15, 0.2) is 0 Å². The van der Waals surface area contributed by atoms with Crippen molar-refractivity contribution in [2.24, 2.45) is 0 Å². The highest BCUT2D eigenvalue weighted by atomic mass is 16.4. The molecule has 0 atom stereocenters. The lowest BCUT2D eigenvalue weighted by atomic mass is 10.1. The first-order chi connectivity index (χ1) is 8.27. The lowest BCUT2D eigenvalue weighted by Gasteiger charge is -2.07. The van der Waals surface area contributed by atoms with Crippen LogP contribution in [0.4, 0.5) is 4.79 Å². The largest absolute Gasteiger partial charge is 0.464 e. The summed E-state index contributed by atoms with van der Waals surface area (Å²) in [6.07, 6.45) is 9.17. The minimum atomic E-state index is -1.12. The van der Waals surface area contributed by atoms with E-state index in [1.807, 2.05) is 5.43 Å². The highest BCUT2D eigenvalue weighted by molar-refractivity contribution is 5.63.